The van der Waals surface area contributed by atoms with Crippen LogP contribution in [0.2, 0.25) is 0 Å². The van der Waals surface area contributed by atoms with Crippen LogP contribution in [0.5, 0.6) is 0 Å². The summed E-state index contributed by atoms with van der Waals surface area (Å²) in [6, 6.07) is 13.2. The summed E-state index contributed by atoms with van der Waals surface area (Å²) < 4.78 is 26.8. The van der Waals surface area contributed by atoms with E-state index < -0.39 is 0 Å². The first-order valence-electron chi connectivity index (χ1n) is 10.1. The molecule has 0 bridgehead atoms. The number of unbranched alkanes of at least 4 members (excludes halogenated alkanes) is 3. The molecule has 1 fully saturated rings. The Morgan fingerprint density at radius 2 is 1.36 bits per heavy atom. The molecule has 0 radical (unpaired) electrons. The van der Waals surface area contributed by atoms with E-state index >= 15 is 0 Å². The molecule has 1 aliphatic heterocycles. The number of hydrogen-bond acceptors (Lipinski definition) is 1. The smallest absolute Gasteiger partial charge is 0.123 e. The summed E-state index contributed by atoms with van der Waals surface area (Å²) in [5.41, 5.74) is 4.46. The van der Waals surface area contributed by atoms with Gasteiger partial charge in [0, 0.05) is 19.5 Å². The zero-order valence-electron chi connectivity index (χ0n) is 16.3. The number of terminal acetylenes is 1. The highest BCUT2D eigenvalue weighted by molar-refractivity contribution is 5.82. The minimum Gasteiger partial charge on any atom is -0.303 e. The summed E-state index contributed by atoms with van der Waals surface area (Å²) in [6.07, 6.45) is 11.6. The fraction of sp³-hybridized carbons (Fsp3) is 0.360. The lowest BCUT2D eigenvalue weighted by Gasteiger charge is -2.30. The Balaban J connectivity index is 1.73. The third-order valence-corrected chi connectivity index (χ3v) is 5.37. The molecule has 0 atom stereocenters. The monoisotopic (exact) mass is 379 g/mol. The van der Waals surface area contributed by atoms with Gasteiger partial charge in [-0.2, -0.15) is 0 Å². The Bertz CT molecular complexity index is 771. The van der Waals surface area contributed by atoms with E-state index in [-0.39, 0.29) is 11.6 Å². The summed E-state index contributed by atoms with van der Waals surface area (Å²) in [5, 5.41) is 0. The van der Waals surface area contributed by atoms with Gasteiger partial charge in [-0.15, -0.1) is 12.3 Å². The number of halogens is 2. The van der Waals surface area contributed by atoms with Crippen LogP contribution in [0.1, 0.15) is 49.7 Å². The molecular weight excluding hydrogens is 352 g/mol. The lowest BCUT2D eigenvalue weighted by Crippen LogP contribution is -2.32. The van der Waals surface area contributed by atoms with Crippen LogP contribution in [0.15, 0.2) is 54.1 Å². The third kappa shape index (κ3) is 5.53. The highest BCUT2D eigenvalue weighted by atomic mass is 19.1. The van der Waals surface area contributed by atoms with E-state index in [1.807, 2.05) is 24.3 Å². The van der Waals surface area contributed by atoms with E-state index in [9.17, 15) is 8.78 Å². The highest BCUT2D eigenvalue weighted by Gasteiger charge is 2.19. The topological polar surface area (TPSA) is 3.24 Å². The quantitative estimate of drug-likeness (QED) is 0.418. The Labute approximate surface area is 167 Å². The number of benzene rings is 2. The van der Waals surface area contributed by atoms with Crippen molar-refractivity contribution in [3.05, 3.63) is 76.9 Å². The van der Waals surface area contributed by atoms with Gasteiger partial charge in [-0.3, -0.25) is 0 Å². The largest absolute Gasteiger partial charge is 0.303 e. The molecule has 0 spiro atoms. The molecule has 3 heteroatoms. The first-order chi connectivity index (χ1) is 13.7. The number of nitrogens with zero attached hydrogens (tertiary/aromatic N) is 1. The summed E-state index contributed by atoms with van der Waals surface area (Å²) in [6.45, 7) is 3.16. The average molecular weight is 379 g/mol. The van der Waals surface area contributed by atoms with Gasteiger partial charge < -0.3 is 4.90 Å². The molecule has 1 heterocycles. The average Bonchev–Trinajstić information content (AvgIpc) is 2.72. The van der Waals surface area contributed by atoms with Crippen molar-refractivity contribution < 1.29 is 8.78 Å². The van der Waals surface area contributed by atoms with Crippen LogP contribution >= 0.6 is 0 Å². The van der Waals surface area contributed by atoms with Gasteiger partial charge in [-0.1, -0.05) is 36.3 Å². The zero-order chi connectivity index (χ0) is 19.8. The van der Waals surface area contributed by atoms with Gasteiger partial charge in [0.2, 0.25) is 0 Å². The molecule has 1 saturated heterocycles. The second-order valence-electron chi connectivity index (χ2n) is 7.35. The van der Waals surface area contributed by atoms with Gasteiger partial charge >= 0.3 is 0 Å². The predicted molar refractivity (Wildman–Crippen MR) is 112 cm³/mol. The van der Waals surface area contributed by atoms with Crippen LogP contribution in [0.25, 0.3) is 5.57 Å². The molecule has 2 aromatic carbocycles. The Hall–Kier alpha value is -2.44. The van der Waals surface area contributed by atoms with Gasteiger partial charge in [-0.25, -0.2) is 8.78 Å². The summed E-state index contributed by atoms with van der Waals surface area (Å²) in [7, 11) is 0. The second-order valence-corrected chi connectivity index (χ2v) is 7.35. The predicted octanol–water partition coefficient (Wildman–Crippen LogP) is 6.06. The van der Waals surface area contributed by atoms with Crippen molar-refractivity contribution in [2.24, 2.45) is 0 Å². The van der Waals surface area contributed by atoms with Crippen molar-refractivity contribution in [2.45, 2.75) is 38.5 Å². The molecule has 3 rings (SSSR count). The van der Waals surface area contributed by atoms with Crippen LogP contribution in [0.3, 0.4) is 0 Å². The van der Waals surface area contributed by atoms with Gasteiger partial charge in [0.1, 0.15) is 11.6 Å². The van der Waals surface area contributed by atoms with Gasteiger partial charge in [0.15, 0.2) is 0 Å². The van der Waals surface area contributed by atoms with Crippen LogP contribution < -0.4 is 0 Å². The molecule has 1 nitrogen and oxygen atoms in total. The number of rotatable bonds is 7. The lowest BCUT2D eigenvalue weighted by atomic mass is 9.88. The Morgan fingerprint density at radius 3 is 1.86 bits per heavy atom. The first kappa shape index (κ1) is 20.3. The van der Waals surface area contributed by atoms with Crippen LogP contribution in [0, 0.1) is 24.0 Å². The molecule has 0 aliphatic carbocycles. The van der Waals surface area contributed by atoms with Crippen molar-refractivity contribution in [3.63, 3.8) is 0 Å². The summed E-state index contributed by atoms with van der Waals surface area (Å²) in [5.74, 6) is 2.21. The fourth-order valence-corrected chi connectivity index (χ4v) is 3.84. The number of piperidine rings is 1. The van der Waals surface area contributed by atoms with Crippen molar-refractivity contribution in [1.82, 2.24) is 4.90 Å². The lowest BCUT2D eigenvalue weighted by molar-refractivity contribution is 0.251. The molecule has 0 amide bonds. The van der Waals surface area contributed by atoms with E-state index in [1.54, 1.807) is 0 Å². The molecule has 146 valence electrons. The molecule has 0 saturated carbocycles. The Kier molecular flexibility index (Phi) is 7.39. The van der Waals surface area contributed by atoms with E-state index in [4.69, 9.17) is 6.42 Å². The molecule has 2 aromatic rings. The minimum absolute atomic E-state index is 0.244. The normalized spacial score (nSPS) is 14.7. The Morgan fingerprint density at radius 1 is 0.821 bits per heavy atom. The third-order valence-electron chi connectivity index (χ3n) is 5.37. The van der Waals surface area contributed by atoms with E-state index in [1.165, 1.54) is 42.7 Å². The van der Waals surface area contributed by atoms with E-state index in [0.29, 0.717) is 0 Å². The van der Waals surface area contributed by atoms with Gasteiger partial charge in [0.25, 0.3) is 0 Å². The van der Waals surface area contributed by atoms with Crippen molar-refractivity contribution >= 4 is 5.57 Å². The highest BCUT2D eigenvalue weighted by Crippen LogP contribution is 2.32. The first-order valence-corrected chi connectivity index (χ1v) is 10.1. The maximum Gasteiger partial charge on any atom is 0.123 e. The maximum atomic E-state index is 13.4. The van der Waals surface area contributed by atoms with Crippen molar-refractivity contribution in [3.8, 4) is 12.3 Å². The molecule has 0 N–H and O–H groups in total. The molecular formula is C25H27F2N. The van der Waals surface area contributed by atoms with E-state index in [0.717, 1.165) is 62.0 Å². The molecule has 0 unspecified atom stereocenters. The molecule has 0 aromatic heterocycles. The maximum absolute atomic E-state index is 13.4. The van der Waals surface area contributed by atoms with E-state index in [2.05, 4.69) is 10.8 Å². The van der Waals surface area contributed by atoms with Gasteiger partial charge in [0.05, 0.1) is 0 Å². The van der Waals surface area contributed by atoms with Crippen molar-refractivity contribution in [1.29, 1.82) is 0 Å². The number of hydrogen-bond donors (Lipinski definition) is 0. The summed E-state index contributed by atoms with van der Waals surface area (Å²) >= 11 is 0. The standard InChI is InChI=1S/C25H27F2N/c1-2-3-4-5-6-17-28-18-15-22(16-19-28)25(20-7-11-23(26)12-8-20)21-9-13-24(27)14-10-21/h1,7-14H,3-6,15-19H2. The van der Waals surface area contributed by atoms with Gasteiger partial charge in [-0.05, 0) is 73.2 Å². The zero-order valence-corrected chi connectivity index (χ0v) is 16.3. The van der Waals surface area contributed by atoms with Crippen LogP contribution in [-0.4, -0.2) is 24.5 Å². The molecule has 1 aliphatic rings. The summed E-state index contributed by atoms with van der Waals surface area (Å²) in [4.78, 5) is 2.51. The number of likely N-dealkylation sites (tertiary alicyclic amines) is 1. The molecule has 28 heavy (non-hydrogen) atoms. The van der Waals surface area contributed by atoms with Crippen molar-refractivity contribution in [2.75, 3.05) is 19.6 Å². The van der Waals surface area contributed by atoms with Crippen LogP contribution in [0.4, 0.5) is 8.78 Å². The fourth-order valence-electron chi connectivity index (χ4n) is 3.84. The van der Waals surface area contributed by atoms with Crippen LogP contribution in [-0.2, 0) is 0 Å². The minimum atomic E-state index is -0.244. The second kappa shape index (κ2) is 10.2. The SMILES string of the molecule is C#CCCCCCN1CCC(=C(c2ccc(F)cc2)c2ccc(F)cc2)CC1.